The molecule has 2 aromatic carbocycles. The van der Waals surface area contributed by atoms with Crippen molar-refractivity contribution in [2.45, 2.75) is 6.92 Å². The summed E-state index contributed by atoms with van der Waals surface area (Å²) in [5.74, 6) is 0.829. The number of benzene rings is 2. The molecule has 0 N–H and O–H groups in total. The molecule has 1 saturated heterocycles. The van der Waals surface area contributed by atoms with Gasteiger partial charge in [-0.05, 0) is 48.2 Å². The van der Waals surface area contributed by atoms with Gasteiger partial charge in [0.05, 0.1) is 10.6 Å². The normalized spacial score (nSPS) is 14.1. The van der Waals surface area contributed by atoms with Crippen molar-refractivity contribution in [3.63, 3.8) is 0 Å². The highest BCUT2D eigenvalue weighted by Crippen LogP contribution is 2.26. The Kier molecular flexibility index (Phi) is 5.26. The third kappa shape index (κ3) is 3.96. The predicted molar refractivity (Wildman–Crippen MR) is 124 cm³/mol. The fraction of sp³-hybridized carbons (Fsp3) is 0.208. The molecule has 0 bridgehead atoms. The highest BCUT2D eigenvalue weighted by Gasteiger charge is 2.27. The number of nitrogens with zero attached hydrogens (tertiary/aromatic N) is 5. The summed E-state index contributed by atoms with van der Waals surface area (Å²) in [5, 5.41) is 6.61. The van der Waals surface area contributed by atoms with E-state index in [1.807, 2.05) is 52.7 Å². The van der Waals surface area contributed by atoms with Crippen LogP contribution in [0.2, 0.25) is 0 Å². The zero-order chi connectivity index (χ0) is 21.2. The Morgan fingerprint density at radius 3 is 2.39 bits per heavy atom. The molecule has 0 saturated carbocycles. The average Bonchev–Trinajstić information content (AvgIpc) is 3.49. The van der Waals surface area contributed by atoms with Crippen LogP contribution in [0.5, 0.6) is 0 Å². The summed E-state index contributed by atoms with van der Waals surface area (Å²) in [7, 11) is 0. The molecule has 4 aromatic rings. The van der Waals surface area contributed by atoms with Gasteiger partial charge in [-0.25, -0.2) is 9.67 Å². The first kappa shape index (κ1) is 19.5. The molecule has 3 heterocycles. The second-order valence-corrected chi connectivity index (χ2v) is 8.55. The smallest absolute Gasteiger partial charge is 0.293 e. The van der Waals surface area contributed by atoms with E-state index in [2.05, 4.69) is 46.2 Å². The van der Waals surface area contributed by atoms with Crippen molar-refractivity contribution in [1.29, 1.82) is 0 Å². The van der Waals surface area contributed by atoms with E-state index in [1.54, 1.807) is 16.0 Å². The number of thiophene rings is 1. The van der Waals surface area contributed by atoms with Crippen LogP contribution in [0.15, 0.2) is 72.1 Å². The summed E-state index contributed by atoms with van der Waals surface area (Å²) in [4.78, 5) is 23.1. The van der Waals surface area contributed by atoms with E-state index in [0.29, 0.717) is 18.9 Å². The molecule has 0 atom stereocenters. The van der Waals surface area contributed by atoms with E-state index >= 15 is 0 Å². The molecule has 2 aromatic heterocycles. The van der Waals surface area contributed by atoms with Crippen LogP contribution in [0.4, 0.5) is 5.69 Å². The zero-order valence-electron chi connectivity index (χ0n) is 17.3. The van der Waals surface area contributed by atoms with Crippen LogP contribution in [0.1, 0.15) is 16.2 Å². The van der Waals surface area contributed by atoms with Gasteiger partial charge in [-0.1, -0.05) is 36.4 Å². The van der Waals surface area contributed by atoms with E-state index in [-0.39, 0.29) is 11.7 Å². The number of amides is 1. The number of hydrogen-bond donors (Lipinski definition) is 0. The van der Waals surface area contributed by atoms with Gasteiger partial charge in [0.1, 0.15) is 0 Å². The number of aryl methyl sites for hydroxylation is 1. The molecule has 6 nitrogen and oxygen atoms in total. The Balaban J connectivity index is 1.38. The van der Waals surface area contributed by atoms with Gasteiger partial charge in [0, 0.05) is 31.9 Å². The van der Waals surface area contributed by atoms with Gasteiger partial charge in [-0.3, -0.25) is 4.79 Å². The van der Waals surface area contributed by atoms with Crippen LogP contribution >= 0.6 is 11.3 Å². The van der Waals surface area contributed by atoms with Gasteiger partial charge in [-0.15, -0.1) is 16.4 Å². The topological polar surface area (TPSA) is 54.3 Å². The van der Waals surface area contributed by atoms with Gasteiger partial charge in [-0.2, -0.15) is 0 Å². The molecular formula is C24H23N5OS. The van der Waals surface area contributed by atoms with Crippen LogP contribution in [0, 0.1) is 6.92 Å². The van der Waals surface area contributed by atoms with Gasteiger partial charge in [0.2, 0.25) is 5.82 Å². The molecule has 1 aliphatic rings. The zero-order valence-corrected chi connectivity index (χ0v) is 18.1. The molecule has 7 heteroatoms. The van der Waals surface area contributed by atoms with Gasteiger partial charge in [0.25, 0.3) is 5.91 Å². The lowest BCUT2D eigenvalue weighted by Crippen LogP contribution is -2.49. The number of aromatic nitrogens is 3. The van der Waals surface area contributed by atoms with Crippen LogP contribution < -0.4 is 4.90 Å². The van der Waals surface area contributed by atoms with Crippen molar-refractivity contribution >= 4 is 22.9 Å². The fourth-order valence-electron chi connectivity index (χ4n) is 3.85. The van der Waals surface area contributed by atoms with E-state index in [4.69, 9.17) is 0 Å². The number of carbonyl (C=O) groups is 1. The van der Waals surface area contributed by atoms with Crippen LogP contribution in [0.25, 0.3) is 16.4 Å². The highest BCUT2D eigenvalue weighted by atomic mass is 32.1. The highest BCUT2D eigenvalue weighted by molar-refractivity contribution is 7.13. The Bertz CT molecular complexity index is 1180. The summed E-state index contributed by atoms with van der Waals surface area (Å²) in [6.45, 7) is 5.00. The van der Waals surface area contributed by atoms with E-state index in [0.717, 1.165) is 23.7 Å². The van der Waals surface area contributed by atoms with E-state index in [1.165, 1.54) is 11.3 Å². The Morgan fingerprint density at radius 2 is 1.68 bits per heavy atom. The van der Waals surface area contributed by atoms with Crippen molar-refractivity contribution in [2.24, 2.45) is 0 Å². The SMILES string of the molecule is Cc1cccc(N2CCN(C(=O)c3nc(-c4cccs4)n(-c4ccccc4)n3)CC2)c1. The minimum Gasteiger partial charge on any atom is -0.368 e. The molecule has 0 radical (unpaired) electrons. The second-order valence-electron chi connectivity index (χ2n) is 7.60. The number of piperazine rings is 1. The maximum Gasteiger partial charge on any atom is 0.293 e. The Morgan fingerprint density at radius 1 is 0.903 bits per heavy atom. The first-order chi connectivity index (χ1) is 15.2. The third-order valence-corrected chi connectivity index (χ3v) is 6.34. The molecular weight excluding hydrogens is 406 g/mol. The number of anilines is 1. The lowest BCUT2D eigenvalue weighted by atomic mass is 10.2. The molecule has 156 valence electrons. The Labute approximate surface area is 185 Å². The van der Waals surface area contributed by atoms with Crippen LogP contribution in [-0.4, -0.2) is 51.8 Å². The van der Waals surface area contributed by atoms with Gasteiger partial charge < -0.3 is 9.80 Å². The molecule has 0 spiro atoms. The maximum atomic E-state index is 13.2. The fourth-order valence-corrected chi connectivity index (χ4v) is 4.55. The molecule has 31 heavy (non-hydrogen) atoms. The molecule has 1 aliphatic heterocycles. The largest absolute Gasteiger partial charge is 0.368 e. The number of para-hydroxylation sites is 1. The monoisotopic (exact) mass is 429 g/mol. The predicted octanol–water partition coefficient (Wildman–Crippen LogP) is 4.27. The first-order valence-electron chi connectivity index (χ1n) is 10.4. The van der Waals surface area contributed by atoms with Crippen molar-refractivity contribution in [1.82, 2.24) is 19.7 Å². The number of hydrogen-bond acceptors (Lipinski definition) is 5. The summed E-state index contributed by atoms with van der Waals surface area (Å²) in [6, 6.07) is 22.3. The van der Waals surface area contributed by atoms with Gasteiger partial charge in [0.15, 0.2) is 5.82 Å². The average molecular weight is 430 g/mol. The van der Waals surface area contributed by atoms with Crippen molar-refractivity contribution in [3.05, 3.63) is 83.5 Å². The first-order valence-corrected chi connectivity index (χ1v) is 11.2. The van der Waals surface area contributed by atoms with Crippen LogP contribution in [-0.2, 0) is 0 Å². The Hall–Kier alpha value is -3.45. The maximum absolute atomic E-state index is 13.2. The second kappa shape index (κ2) is 8.35. The molecule has 0 aliphatic carbocycles. The lowest BCUT2D eigenvalue weighted by Gasteiger charge is -2.35. The summed E-state index contributed by atoms with van der Waals surface area (Å²) in [5.41, 5.74) is 3.34. The number of rotatable bonds is 4. The standard InChI is InChI=1S/C24H23N5OS/c1-18-7-5-10-20(17-18)27-12-14-28(15-13-27)24(30)22-25-23(21-11-6-16-31-21)29(26-22)19-8-3-2-4-9-19/h2-11,16-17H,12-15H2,1H3. The van der Waals surface area contributed by atoms with Crippen molar-refractivity contribution in [2.75, 3.05) is 31.1 Å². The van der Waals surface area contributed by atoms with Crippen molar-refractivity contribution in [3.8, 4) is 16.4 Å². The lowest BCUT2D eigenvalue weighted by molar-refractivity contribution is 0.0734. The van der Waals surface area contributed by atoms with Crippen molar-refractivity contribution < 1.29 is 4.79 Å². The van der Waals surface area contributed by atoms with Crippen LogP contribution in [0.3, 0.4) is 0 Å². The molecule has 1 amide bonds. The molecule has 5 rings (SSSR count). The summed E-state index contributed by atoms with van der Waals surface area (Å²) in [6.07, 6.45) is 0. The summed E-state index contributed by atoms with van der Waals surface area (Å²) < 4.78 is 1.77. The minimum absolute atomic E-state index is 0.114. The van der Waals surface area contributed by atoms with E-state index in [9.17, 15) is 4.79 Å². The minimum atomic E-state index is -0.114. The third-order valence-electron chi connectivity index (χ3n) is 5.47. The van der Waals surface area contributed by atoms with Gasteiger partial charge >= 0.3 is 0 Å². The molecule has 1 fully saturated rings. The quantitative estimate of drug-likeness (QED) is 0.486. The molecule has 0 unspecified atom stereocenters. The number of carbonyl (C=O) groups excluding carboxylic acids is 1. The summed E-state index contributed by atoms with van der Waals surface area (Å²) >= 11 is 1.59. The van der Waals surface area contributed by atoms with E-state index < -0.39 is 0 Å².